The number of carbonyl (C=O) groups is 1. The van der Waals surface area contributed by atoms with Crippen molar-refractivity contribution >= 4 is 39.9 Å². The number of nitro benzene ring substituents is 1. The SMILES string of the molecule is Cl.NCC1CCCCC1NC(=O)c1cc(Br)cc([N+](=O)[O-])c1. The van der Waals surface area contributed by atoms with Crippen LogP contribution in [-0.4, -0.2) is 23.4 Å². The topological polar surface area (TPSA) is 98.3 Å². The first-order valence-electron chi connectivity index (χ1n) is 6.97. The van der Waals surface area contributed by atoms with Crippen molar-refractivity contribution in [2.75, 3.05) is 6.54 Å². The second kappa shape index (κ2) is 8.45. The van der Waals surface area contributed by atoms with Gasteiger partial charge in [0.1, 0.15) is 0 Å². The van der Waals surface area contributed by atoms with Crippen molar-refractivity contribution in [1.29, 1.82) is 0 Å². The molecule has 0 aromatic heterocycles. The molecule has 0 saturated heterocycles. The summed E-state index contributed by atoms with van der Waals surface area (Å²) in [6.07, 6.45) is 4.13. The smallest absolute Gasteiger partial charge is 0.271 e. The van der Waals surface area contributed by atoms with Crippen LogP contribution in [0.25, 0.3) is 0 Å². The van der Waals surface area contributed by atoms with Gasteiger partial charge < -0.3 is 11.1 Å². The van der Waals surface area contributed by atoms with E-state index < -0.39 is 4.92 Å². The van der Waals surface area contributed by atoms with Crippen LogP contribution in [0, 0.1) is 16.0 Å². The fraction of sp³-hybridized carbons (Fsp3) is 0.500. The maximum Gasteiger partial charge on any atom is 0.271 e. The Kier molecular flexibility index (Phi) is 7.25. The van der Waals surface area contributed by atoms with Gasteiger partial charge in [-0.1, -0.05) is 28.8 Å². The van der Waals surface area contributed by atoms with Crippen LogP contribution >= 0.6 is 28.3 Å². The van der Waals surface area contributed by atoms with E-state index in [0.29, 0.717) is 11.0 Å². The van der Waals surface area contributed by atoms with Gasteiger partial charge in [-0.05, 0) is 31.4 Å². The molecule has 1 aromatic rings. The van der Waals surface area contributed by atoms with Crippen LogP contribution in [0.15, 0.2) is 22.7 Å². The summed E-state index contributed by atoms with van der Waals surface area (Å²) in [6.45, 7) is 0.545. The Labute approximate surface area is 143 Å². The number of halogens is 2. The van der Waals surface area contributed by atoms with E-state index in [-0.39, 0.29) is 41.5 Å². The van der Waals surface area contributed by atoms with Gasteiger partial charge >= 0.3 is 0 Å². The molecule has 1 aliphatic carbocycles. The number of carbonyl (C=O) groups excluding carboxylic acids is 1. The van der Waals surface area contributed by atoms with E-state index >= 15 is 0 Å². The number of hydrogen-bond donors (Lipinski definition) is 2. The molecule has 6 nitrogen and oxygen atoms in total. The number of amides is 1. The van der Waals surface area contributed by atoms with Gasteiger partial charge in [0, 0.05) is 28.2 Å². The van der Waals surface area contributed by atoms with Crippen LogP contribution in [-0.2, 0) is 0 Å². The number of nitro groups is 1. The maximum absolute atomic E-state index is 12.3. The summed E-state index contributed by atoms with van der Waals surface area (Å²) in [5.74, 6) is -0.00501. The molecule has 3 N–H and O–H groups in total. The molecule has 8 heteroatoms. The van der Waals surface area contributed by atoms with Gasteiger partial charge in [0.25, 0.3) is 11.6 Å². The van der Waals surface area contributed by atoms with Crippen LogP contribution in [0.3, 0.4) is 0 Å². The Hall–Kier alpha value is -1.18. The molecule has 2 rings (SSSR count). The van der Waals surface area contributed by atoms with Crippen molar-refractivity contribution in [2.24, 2.45) is 11.7 Å². The zero-order valence-corrected chi connectivity index (χ0v) is 14.4. The van der Waals surface area contributed by atoms with Crippen LogP contribution < -0.4 is 11.1 Å². The molecule has 122 valence electrons. The molecule has 2 unspecified atom stereocenters. The van der Waals surface area contributed by atoms with Crippen LogP contribution in [0.5, 0.6) is 0 Å². The number of benzene rings is 1. The number of nitrogens with one attached hydrogen (secondary N) is 1. The number of nitrogens with two attached hydrogens (primary N) is 1. The lowest BCUT2D eigenvalue weighted by molar-refractivity contribution is -0.385. The highest BCUT2D eigenvalue weighted by Gasteiger charge is 2.26. The normalized spacial score (nSPS) is 20.8. The quantitative estimate of drug-likeness (QED) is 0.608. The molecule has 1 aliphatic rings. The zero-order chi connectivity index (χ0) is 15.4. The van der Waals surface area contributed by atoms with E-state index in [0.717, 1.165) is 25.7 Å². The highest BCUT2D eigenvalue weighted by atomic mass is 79.9. The highest BCUT2D eigenvalue weighted by molar-refractivity contribution is 9.10. The van der Waals surface area contributed by atoms with Crippen molar-refractivity contribution in [2.45, 2.75) is 31.7 Å². The molecular weight excluding hydrogens is 374 g/mol. The van der Waals surface area contributed by atoms with E-state index in [1.165, 1.54) is 12.1 Å². The molecule has 0 bridgehead atoms. The summed E-state index contributed by atoms with van der Waals surface area (Å²) in [6, 6.07) is 4.30. The fourth-order valence-electron chi connectivity index (χ4n) is 2.74. The molecule has 2 atom stereocenters. The number of rotatable bonds is 4. The summed E-state index contributed by atoms with van der Waals surface area (Å²) in [7, 11) is 0. The minimum atomic E-state index is -0.509. The van der Waals surface area contributed by atoms with Crippen LogP contribution in [0.1, 0.15) is 36.0 Å². The second-order valence-corrected chi connectivity index (χ2v) is 6.23. The number of nitrogens with zero attached hydrogens (tertiary/aromatic N) is 1. The summed E-state index contributed by atoms with van der Waals surface area (Å²) in [4.78, 5) is 22.6. The third kappa shape index (κ3) is 4.66. The molecular formula is C14H19BrClN3O3. The summed E-state index contributed by atoms with van der Waals surface area (Å²) >= 11 is 3.20. The van der Waals surface area contributed by atoms with Gasteiger partial charge in [-0.3, -0.25) is 14.9 Å². The molecule has 0 radical (unpaired) electrons. The van der Waals surface area contributed by atoms with Crippen molar-refractivity contribution < 1.29 is 9.72 Å². The first-order valence-corrected chi connectivity index (χ1v) is 7.76. The van der Waals surface area contributed by atoms with E-state index in [1.54, 1.807) is 6.07 Å². The zero-order valence-electron chi connectivity index (χ0n) is 12.0. The van der Waals surface area contributed by atoms with Crippen LogP contribution in [0.2, 0.25) is 0 Å². The predicted octanol–water partition coefficient (Wildman–Crippen LogP) is 3.03. The van der Waals surface area contributed by atoms with Crippen molar-refractivity contribution in [3.8, 4) is 0 Å². The average Bonchev–Trinajstić information content (AvgIpc) is 2.47. The molecule has 1 saturated carbocycles. The Bertz CT molecular complexity index is 556. The molecule has 1 aromatic carbocycles. The Morgan fingerprint density at radius 3 is 2.68 bits per heavy atom. The van der Waals surface area contributed by atoms with E-state index in [1.807, 2.05) is 0 Å². The van der Waals surface area contributed by atoms with E-state index in [4.69, 9.17) is 5.73 Å². The number of non-ortho nitro benzene ring substituents is 1. The van der Waals surface area contributed by atoms with Crippen molar-refractivity contribution in [1.82, 2.24) is 5.32 Å². The monoisotopic (exact) mass is 391 g/mol. The first kappa shape index (κ1) is 18.9. The minimum Gasteiger partial charge on any atom is -0.349 e. The third-order valence-corrected chi connectivity index (χ3v) is 4.34. The second-order valence-electron chi connectivity index (χ2n) is 5.32. The molecule has 1 fully saturated rings. The number of hydrogen-bond acceptors (Lipinski definition) is 4. The lowest BCUT2D eigenvalue weighted by atomic mass is 9.84. The molecule has 22 heavy (non-hydrogen) atoms. The fourth-order valence-corrected chi connectivity index (χ4v) is 3.22. The molecule has 0 spiro atoms. The summed E-state index contributed by atoms with van der Waals surface area (Å²) < 4.78 is 0.515. The lowest BCUT2D eigenvalue weighted by Crippen LogP contribution is -2.44. The largest absolute Gasteiger partial charge is 0.349 e. The maximum atomic E-state index is 12.3. The third-order valence-electron chi connectivity index (χ3n) is 3.88. The molecule has 0 heterocycles. The summed E-state index contributed by atoms with van der Waals surface area (Å²) in [5, 5.41) is 13.8. The Morgan fingerprint density at radius 2 is 2.05 bits per heavy atom. The lowest BCUT2D eigenvalue weighted by Gasteiger charge is -2.31. The van der Waals surface area contributed by atoms with Gasteiger partial charge in [0.15, 0.2) is 0 Å². The van der Waals surface area contributed by atoms with E-state index in [9.17, 15) is 14.9 Å². The van der Waals surface area contributed by atoms with Gasteiger partial charge in [0.05, 0.1) is 4.92 Å². The average molecular weight is 393 g/mol. The molecule has 1 amide bonds. The van der Waals surface area contributed by atoms with Crippen molar-refractivity contribution in [3.63, 3.8) is 0 Å². The molecule has 0 aliphatic heterocycles. The Morgan fingerprint density at radius 1 is 1.36 bits per heavy atom. The van der Waals surface area contributed by atoms with Gasteiger partial charge in [-0.2, -0.15) is 0 Å². The minimum absolute atomic E-state index is 0. The van der Waals surface area contributed by atoms with E-state index in [2.05, 4.69) is 21.2 Å². The van der Waals surface area contributed by atoms with Gasteiger partial charge in [0.2, 0.25) is 0 Å². The summed E-state index contributed by atoms with van der Waals surface area (Å²) in [5.41, 5.74) is 5.93. The highest BCUT2D eigenvalue weighted by Crippen LogP contribution is 2.25. The standard InChI is InChI=1S/C14H18BrN3O3.ClH/c15-11-5-10(6-12(7-11)18(20)21)14(19)17-13-4-2-1-3-9(13)8-16;/h5-7,9,13H,1-4,8,16H2,(H,17,19);1H. The Balaban J connectivity index is 0.00000242. The van der Waals surface area contributed by atoms with Crippen molar-refractivity contribution in [3.05, 3.63) is 38.3 Å². The van der Waals surface area contributed by atoms with Gasteiger partial charge in [-0.15, -0.1) is 12.4 Å². The van der Waals surface area contributed by atoms with Crippen LogP contribution in [0.4, 0.5) is 5.69 Å². The van der Waals surface area contributed by atoms with Gasteiger partial charge in [-0.25, -0.2) is 0 Å². The first-order chi connectivity index (χ1) is 10.0. The predicted molar refractivity (Wildman–Crippen MR) is 90.3 cm³/mol.